The zero-order chi connectivity index (χ0) is 17.5. The minimum absolute atomic E-state index is 0.185. The van der Waals surface area contributed by atoms with E-state index in [9.17, 15) is 4.79 Å². The molecule has 0 bridgehead atoms. The van der Waals surface area contributed by atoms with Crippen LogP contribution in [0.25, 0.3) is 16.2 Å². The summed E-state index contributed by atoms with van der Waals surface area (Å²) in [6.45, 7) is 0.185. The van der Waals surface area contributed by atoms with Crippen LogP contribution in [0.4, 0.5) is 5.69 Å². The number of hydrogen-bond donors (Lipinski definition) is 1. The average Bonchev–Trinajstić information content (AvgIpc) is 3.36. The quantitative estimate of drug-likeness (QED) is 0.596. The second-order valence-corrected chi connectivity index (χ2v) is 6.69. The number of carbonyl (C=O) groups is 1. The number of aromatic nitrogens is 2. The molecular weight excluding hydrogens is 350 g/mol. The van der Waals surface area contributed by atoms with E-state index in [4.69, 9.17) is 9.47 Å². The number of imidazole rings is 1. The molecule has 0 spiro atoms. The number of thiazole rings is 1. The molecule has 1 aliphatic heterocycles. The lowest BCUT2D eigenvalue weighted by Gasteiger charge is -2.07. The Hall–Kier alpha value is -3.32. The van der Waals surface area contributed by atoms with Crippen LogP contribution in [-0.4, -0.2) is 22.1 Å². The van der Waals surface area contributed by atoms with E-state index in [1.165, 1.54) is 0 Å². The summed E-state index contributed by atoms with van der Waals surface area (Å²) < 4.78 is 12.6. The lowest BCUT2D eigenvalue weighted by atomic mass is 10.1. The summed E-state index contributed by atoms with van der Waals surface area (Å²) >= 11 is 1.58. The molecule has 1 aliphatic rings. The second kappa shape index (κ2) is 5.89. The molecular formula is C19H13N3O3S. The highest BCUT2D eigenvalue weighted by molar-refractivity contribution is 7.15. The lowest BCUT2D eigenvalue weighted by Crippen LogP contribution is -2.11. The van der Waals surface area contributed by atoms with Crippen molar-refractivity contribution in [1.82, 2.24) is 9.38 Å². The summed E-state index contributed by atoms with van der Waals surface area (Å²) in [5.41, 5.74) is 3.05. The first-order valence-electron chi connectivity index (χ1n) is 8.00. The first-order chi connectivity index (χ1) is 12.8. The van der Waals surface area contributed by atoms with Gasteiger partial charge in [0, 0.05) is 34.6 Å². The fraction of sp³-hybridized carbons (Fsp3) is 0.0526. The molecule has 1 amide bonds. The number of anilines is 1. The molecule has 3 heterocycles. The van der Waals surface area contributed by atoms with Gasteiger partial charge in [-0.2, -0.15) is 0 Å². The summed E-state index contributed by atoms with van der Waals surface area (Å²) in [6.07, 6.45) is 3.95. The van der Waals surface area contributed by atoms with Crippen molar-refractivity contribution in [2.24, 2.45) is 0 Å². The molecule has 0 radical (unpaired) electrons. The summed E-state index contributed by atoms with van der Waals surface area (Å²) in [5, 5.41) is 4.91. The van der Waals surface area contributed by atoms with Crippen LogP contribution >= 0.6 is 11.3 Å². The van der Waals surface area contributed by atoms with Crippen molar-refractivity contribution in [1.29, 1.82) is 0 Å². The number of ether oxygens (including phenoxy) is 2. The van der Waals surface area contributed by atoms with Gasteiger partial charge in [-0.15, -0.1) is 11.3 Å². The second-order valence-electron chi connectivity index (χ2n) is 5.82. The smallest absolute Gasteiger partial charge is 0.255 e. The number of benzene rings is 2. The van der Waals surface area contributed by atoms with Gasteiger partial charge in [0.05, 0.1) is 5.69 Å². The van der Waals surface area contributed by atoms with Crippen LogP contribution in [0.2, 0.25) is 0 Å². The Bertz CT molecular complexity index is 1100. The van der Waals surface area contributed by atoms with Gasteiger partial charge < -0.3 is 14.8 Å². The summed E-state index contributed by atoms with van der Waals surface area (Å²) in [6, 6.07) is 12.8. The van der Waals surface area contributed by atoms with Crippen LogP contribution in [0, 0.1) is 0 Å². The van der Waals surface area contributed by atoms with Crippen LogP contribution in [0.3, 0.4) is 0 Å². The van der Waals surface area contributed by atoms with E-state index in [1.807, 2.05) is 46.4 Å². The Labute approximate surface area is 152 Å². The standard InChI is InChI=1S/C19H13N3O3S/c23-18(13-4-5-16-17(9-13)25-11-24-16)20-14-3-1-2-12(8-14)15-10-22-6-7-26-19(22)21-15/h1-10H,11H2,(H,20,23). The topological polar surface area (TPSA) is 64.9 Å². The third kappa shape index (κ3) is 2.58. The Balaban J connectivity index is 1.40. The zero-order valence-corrected chi connectivity index (χ0v) is 14.3. The maximum Gasteiger partial charge on any atom is 0.255 e. The first-order valence-corrected chi connectivity index (χ1v) is 8.88. The highest BCUT2D eigenvalue weighted by Gasteiger charge is 2.16. The largest absolute Gasteiger partial charge is 0.454 e. The number of hydrogen-bond acceptors (Lipinski definition) is 5. The zero-order valence-electron chi connectivity index (χ0n) is 13.5. The number of fused-ring (bicyclic) bond motifs is 2. The highest BCUT2D eigenvalue weighted by Crippen LogP contribution is 2.32. The van der Waals surface area contributed by atoms with E-state index < -0.39 is 0 Å². The minimum Gasteiger partial charge on any atom is -0.454 e. The lowest BCUT2D eigenvalue weighted by molar-refractivity contribution is 0.102. The van der Waals surface area contributed by atoms with Crippen LogP contribution in [0.15, 0.2) is 60.2 Å². The van der Waals surface area contributed by atoms with E-state index in [0.29, 0.717) is 22.7 Å². The van der Waals surface area contributed by atoms with E-state index in [-0.39, 0.29) is 12.7 Å². The molecule has 0 saturated carbocycles. The van der Waals surface area contributed by atoms with Crippen molar-refractivity contribution in [2.75, 3.05) is 12.1 Å². The van der Waals surface area contributed by atoms with Gasteiger partial charge >= 0.3 is 0 Å². The van der Waals surface area contributed by atoms with Gasteiger partial charge in [-0.3, -0.25) is 9.20 Å². The van der Waals surface area contributed by atoms with Crippen molar-refractivity contribution in [3.05, 3.63) is 65.8 Å². The Kier molecular flexibility index (Phi) is 3.39. The van der Waals surface area contributed by atoms with Crippen LogP contribution in [0.5, 0.6) is 11.5 Å². The van der Waals surface area contributed by atoms with Gasteiger partial charge in [-0.05, 0) is 30.3 Å². The molecule has 0 aliphatic carbocycles. The summed E-state index contributed by atoms with van der Waals surface area (Å²) in [5.74, 6) is 1.04. The number of nitrogens with one attached hydrogen (secondary N) is 1. The molecule has 5 rings (SSSR count). The van der Waals surface area contributed by atoms with Gasteiger partial charge in [-0.1, -0.05) is 12.1 Å². The van der Waals surface area contributed by atoms with Gasteiger partial charge in [0.25, 0.3) is 5.91 Å². The monoisotopic (exact) mass is 363 g/mol. The number of carbonyl (C=O) groups excluding carboxylic acids is 1. The van der Waals surface area contributed by atoms with Crippen molar-refractivity contribution in [3.63, 3.8) is 0 Å². The molecule has 4 aromatic rings. The predicted octanol–water partition coefficient (Wildman–Crippen LogP) is 4.04. The molecule has 2 aromatic carbocycles. The SMILES string of the molecule is O=C(Nc1cccc(-c2cn3ccsc3n2)c1)c1ccc2c(c1)OCO2. The van der Waals surface area contributed by atoms with Crippen molar-refractivity contribution >= 4 is 27.9 Å². The molecule has 0 saturated heterocycles. The Morgan fingerprint density at radius 1 is 1.15 bits per heavy atom. The third-order valence-electron chi connectivity index (χ3n) is 4.14. The van der Waals surface area contributed by atoms with E-state index in [2.05, 4.69) is 10.3 Å². The van der Waals surface area contributed by atoms with Crippen molar-refractivity contribution in [2.45, 2.75) is 0 Å². The van der Waals surface area contributed by atoms with E-state index in [1.54, 1.807) is 29.5 Å². The fourth-order valence-corrected chi connectivity index (χ4v) is 3.56. The summed E-state index contributed by atoms with van der Waals surface area (Å²) in [4.78, 5) is 18.1. The van der Waals surface area contributed by atoms with Crippen molar-refractivity contribution < 1.29 is 14.3 Å². The molecule has 128 valence electrons. The van der Waals surface area contributed by atoms with Gasteiger partial charge in [-0.25, -0.2) is 4.98 Å². The molecule has 6 nitrogen and oxygen atoms in total. The van der Waals surface area contributed by atoms with E-state index >= 15 is 0 Å². The average molecular weight is 363 g/mol. The normalized spacial score (nSPS) is 12.5. The van der Waals surface area contributed by atoms with Crippen LogP contribution < -0.4 is 14.8 Å². The van der Waals surface area contributed by atoms with Gasteiger partial charge in [0.15, 0.2) is 16.5 Å². The molecule has 0 unspecified atom stereocenters. The number of amides is 1. The molecule has 2 aromatic heterocycles. The Morgan fingerprint density at radius 2 is 2.08 bits per heavy atom. The third-order valence-corrected chi connectivity index (χ3v) is 4.91. The maximum absolute atomic E-state index is 12.5. The van der Waals surface area contributed by atoms with Gasteiger partial charge in [0.2, 0.25) is 6.79 Å². The maximum atomic E-state index is 12.5. The van der Waals surface area contributed by atoms with Gasteiger partial charge in [0.1, 0.15) is 0 Å². The minimum atomic E-state index is -0.203. The van der Waals surface area contributed by atoms with Crippen LogP contribution in [-0.2, 0) is 0 Å². The molecule has 7 heteroatoms. The molecule has 26 heavy (non-hydrogen) atoms. The number of nitrogens with zero attached hydrogens (tertiary/aromatic N) is 2. The highest BCUT2D eigenvalue weighted by atomic mass is 32.1. The van der Waals surface area contributed by atoms with Crippen molar-refractivity contribution in [3.8, 4) is 22.8 Å². The fourth-order valence-electron chi connectivity index (χ4n) is 2.86. The molecule has 1 N–H and O–H groups in total. The van der Waals surface area contributed by atoms with E-state index in [0.717, 1.165) is 16.2 Å². The molecule has 0 fully saturated rings. The Morgan fingerprint density at radius 3 is 3.00 bits per heavy atom. The molecule has 0 atom stereocenters. The number of rotatable bonds is 3. The first kappa shape index (κ1) is 15.0. The predicted molar refractivity (Wildman–Crippen MR) is 99.0 cm³/mol. The summed E-state index contributed by atoms with van der Waals surface area (Å²) in [7, 11) is 0. The van der Waals surface area contributed by atoms with Crippen LogP contribution in [0.1, 0.15) is 10.4 Å².